The number of hydrogen-bond acceptors (Lipinski definition) is 3. The van der Waals surface area contributed by atoms with Gasteiger partial charge in [0, 0.05) is 5.33 Å². The molecule has 0 fully saturated rings. The molecule has 1 heterocycles. The Kier molecular flexibility index (Phi) is 4.36. The first-order valence-corrected chi connectivity index (χ1v) is 6.90. The number of carbonyl (C=O) groups is 1. The lowest BCUT2D eigenvalue weighted by molar-refractivity contribution is -0.141. The molecule has 0 unspecified atom stereocenters. The highest BCUT2D eigenvalue weighted by molar-refractivity contribution is 9.08. The Morgan fingerprint density at radius 3 is 2.43 bits per heavy atom. The highest BCUT2D eigenvalue weighted by Crippen LogP contribution is 2.30. The lowest BCUT2D eigenvalue weighted by Gasteiger charge is -2.06. The van der Waals surface area contributed by atoms with E-state index in [9.17, 15) is 18.0 Å². The van der Waals surface area contributed by atoms with E-state index >= 15 is 0 Å². The molecular weight excluding hydrogens is 353 g/mol. The van der Waals surface area contributed by atoms with Gasteiger partial charge in [-0.3, -0.25) is 0 Å². The molecule has 0 aliphatic rings. The second-order valence-corrected chi connectivity index (χ2v) is 4.66. The summed E-state index contributed by atoms with van der Waals surface area (Å²) in [7, 11) is 1.25. The predicted molar refractivity (Wildman–Crippen MR) is 72.5 cm³/mol. The molecule has 0 N–H and O–H groups in total. The fourth-order valence-electron chi connectivity index (χ4n) is 1.73. The first kappa shape index (κ1) is 15.6. The van der Waals surface area contributed by atoms with Crippen LogP contribution in [-0.2, 0) is 16.2 Å². The number of halogens is 4. The van der Waals surface area contributed by atoms with Gasteiger partial charge in [-0.25, -0.2) is 9.48 Å². The van der Waals surface area contributed by atoms with Crippen LogP contribution in [0.25, 0.3) is 5.69 Å². The molecule has 0 saturated heterocycles. The number of esters is 1. The minimum atomic E-state index is -4.51. The lowest BCUT2D eigenvalue weighted by atomic mass is 10.2. The Labute approximate surface area is 126 Å². The molecule has 0 spiro atoms. The molecule has 0 amide bonds. The maximum atomic E-state index is 12.7. The number of aromatic nitrogens is 2. The van der Waals surface area contributed by atoms with Gasteiger partial charge in [0.15, 0.2) is 5.69 Å². The second kappa shape index (κ2) is 5.88. The van der Waals surface area contributed by atoms with Gasteiger partial charge < -0.3 is 4.74 Å². The Morgan fingerprint density at radius 1 is 1.33 bits per heavy atom. The van der Waals surface area contributed by atoms with Crippen LogP contribution in [0.15, 0.2) is 30.3 Å². The van der Waals surface area contributed by atoms with Crippen molar-refractivity contribution in [2.45, 2.75) is 11.5 Å². The van der Waals surface area contributed by atoms with Crippen LogP contribution in [0.5, 0.6) is 0 Å². The number of methoxy groups -OCH3 is 1. The fourth-order valence-corrected chi connectivity index (χ4v) is 2.13. The number of hydrogen-bond donors (Lipinski definition) is 0. The number of carbonyl (C=O) groups excluding carboxylic acids is 1. The molecule has 0 radical (unpaired) electrons. The summed E-state index contributed by atoms with van der Waals surface area (Å²) in [6, 6.07) is 6.92. The van der Waals surface area contributed by atoms with Crippen molar-refractivity contribution in [2.75, 3.05) is 7.11 Å². The number of benzene rings is 1. The topological polar surface area (TPSA) is 44.1 Å². The molecule has 0 aliphatic heterocycles. The van der Waals surface area contributed by atoms with Crippen LogP contribution in [-0.4, -0.2) is 22.9 Å². The van der Waals surface area contributed by atoms with Crippen LogP contribution in [0.3, 0.4) is 0 Å². The number of ether oxygens (including phenoxy) is 1. The molecule has 8 heteroatoms. The fraction of sp³-hybridized carbons (Fsp3) is 0.231. The van der Waals surface area contributed by atoms with Gasteiger partial charge in [-0.15, -0.1) is 0 Å². The lowest BCUT2D eigenvalue weighted by Crippen LogP contribution is -2.08. The molecular formula is C13H10BrF3N2O2. The molecule has 2 aromatic rings. The zero-order valence-electron chi connectivity index (χ0n) is 10.8. The summed E-state index contributed by atoms with van der Waals surface area (Å²) in [4.78, 5) is 11.3. The third-order valence-electron chi connectivity index (χ3n) is 2.74. The predicted octanol–water partition coefficient (Wildman–Crippen LogP) is 3.57. The zero-order valence-corrected chi connectivity index (χ0v) is 12.4. The van der Waals surface area contributed by atoms with Crippen molar-refractivity contribution in [1.82, 2.24) is 9.78 Å². The first-order chi connectivity index (χ1) is 9.86. The Bertz CT molecular complexity index is 650. The van der Waals surface area contributed by atoms with Gasteiger partial charge >= 0.3 is 12.1 Å². The summed E-state index contributed by atoms with van der Waals surface area (Å²) in [6.07, 6.45) is -4.51. The van der Waals surface area contributed by atoms with E-state index in [4.69, 9.17) is 0 Å². The van der Waals surface area contributed by atoms with Gasteiger partial charge in [0.1, 0.15) is 0 Å². The van der Waals surface area contributed by atoms with Gasteiger partial charge in [-0.2, -0.15) is 18.3 Å². The van der Waals surface area contributed by atoms with Gasteiger partial charge in [-0.1, -0.05) is 15.9 Å². The van der Waals surface area contributed by atoms with Crippen LogP contribution in [0.2, 0.25) is 0 Å². The van der Waals surface area contributed by atoms with E-state index < -0.39 is 17.8 Å². The minimum absolute atomic E-state index is 0.217. The Morgan fingerprint density at radius 2 is 1.95 bits per heavy atom. The van der Waals surface area contributed by atoms with Crippen LogP contribution >= 0.6 is 15.9 Å². The third kappa shape index (κ3) is 3.26. The van der Waals surface area contributed by atoms with Crippen molar-refractivity contribution in [1.29, 1.82) is 0 Å². The van der Waals surface area contributed by atoms with E-state index in [2.05, 4.69) is 25.8 Å². The average Bonchev–Trinajstić information content (AvgIpc) is 2.91. The highest BCUT2D eigenvalue weighted by atomic mass is 79.9. The summed E-state index contributed by atoms with van der Waals surface area (Å²) in [5, 5.41) is 3.78. The second-order valence-electron chi connectivity index (χ2n) is 4.10. The largest absolute Gasteiger partial charge is 0.465 e. The zero-order chi connectivity index (χ0) is 15.6. The van der Waals surface area contributed by atoms with E-state index in [1.54, 1.807) is 0 Å². The monoisotopic (exact) mass is 362 g/mol. The van der Waals surface area contributed by atoms with Crippen LogP contribution in [0.1, 0.15) is 21.7 Å². The smallest absolute Gasteiger partial charge is 0.435 e. The van der Waals surface area contributed by atoms with Crippen molar-refractivity contribution in [3.8, 4) is 5.69 Å². The molecule has 0 aliphatic carbocycles. The molecule has 21 heavy (non-hydrogen) atoms. The number of nitrogens with zero attached hydrogens (tertiary/aromatic N) is 2. The van der Waals surface area contributed by atoms with Crippen molar-refractivity contribution >= 4 is 21.9 Å². The van der Waals surface area contributed by atoms with Gasteiger partial charge in [-0.05, 0) is 30.3 Å². The van der Waals surface area contributed by atoms with E-state index in [1.807, 2.05) is 0 Å². The molecule has 112 valence electrons. The van der Waals surface area contributed by atoms with Gasteiger partial charge in [0.05, 0.1) is 24.1 Å². The first-order valence-electron chi connectivity index (χ1n) is 5.77. The molecule has 1 aromatic carbocycles. The molecule has 0 atom stereocenters. The maximum Gasteiger partial charge on any atom is 0.435 e. The quantitative estimate of drug-likeness (QED) is 0.619. The summed E-state index contributed by atoms with van der Waals surface area (Å²) in [5.74, 6) is -0.515. The maximum absolute atomic E-state index is 12.7. The molecule has 2 rings (SSSR count). The molecule has 0 saturated carbocycles. The summed E-state index contributed by atoms with van der Waals surface area (Å²) < 4.78 is 43.8. The third-order valence-corrected chi connectivity index (χ3v) is 3.32. The van der Waals surface area contributed by atoms with Crippen molar-refractivity contribution in [2.24, 2.45) is 0 Å². The van der Waals surface area contributed by atoms with Gasteiger partial charge in [0.2, 0.25) is 0 Å². The van der Waals surface area contributed by atoms with Crippen molar-refractivity contribution in [3.63, 3.8) is 0 Å². The van der Waals surface area contributed by atoms with Crippen LogP contribution < -0.4 is 0 Å². The normalized spacial score (nSPS) is 11.5. The average molecular weight is 363 g/mol. The Balaban J connectivity index is 2.42. The van der Waals surface area contributed by atoms with Gasteiger partial charge in [0.25, 0.3) is 0 Å². The summed E-state index contributed by atoms with van der Waals surface area (Å²) in [6.45, 7) is 0. The molecule has 0 bridgehead atoms. The van der Waals surface area contributed by atoms with E-state index in [-0.39, 0.29) is 5.33 Å². The Hall–Kier alpha value is -1.83. The number of alkyl halides is 4. The summed E-state index contributed by atoms with van der Waals surface area (Å²) >= 11 is 3.13. The number of rotatable bonds is 3. The minimum Gasteiger partial charge on any atom is -0.465 e. The molecule has 1 aromatic heterocycles. The standard InChI is InChI=1S/C13H10BrF3N2O2/c1-21-12(20)8-2-4-9(5-3-8)19-10(7-14)6-11(18-19)13(15,16)17/h2-6H,7H2,1H3. The molecule has 4 nitrogen and oxygen atoms in total. The van der Waals surface area contributed by atoms with E-state index in [0.29, 0.717) is 16.9 Å². The van der Waals surface area contributed by atoms with E-state index in [0.717, 1.165) is 6.07 Å². The van der Waals surface area contributed by atoms with Crippen molar-refractivity contribution in [3.05, 3.63) is 47.3 Å². The van der Waals surface area contributed by atoms with Crippen LogP contribution in [0, 0.1) is 0 Å². The van der Waals surface area contributed by atoms with E-state index in [1.165, 1.54) is 36.1 Å². The van der Waals surface area contributed by atoms with Crippen LogP contribution in [0.4, 0.5) is 13.2 Å². The SMILES string of the molecule is COC(=O)c1ccc(-n2nc(C(F)(F)F)cc2CBr)cc1. The summed E-state index contributed by atoms with van der Waals surface area (Å²) in [5.41, 5.74) is 0.125. The van der Waals surface area contributed by atoms with Crippen molar-refractivity contribution < 1.29 is 22.7 Å². The highest BCUT2D eigenvalue weighted by Gasteiger charge is 2.34.